The fourth-order valence-corrected chi connectivity index (χ4v) is 2.92. The van der Waals surface area contributed by atoms with Crippen LogP contribution in [0.15, 0.2) is 24.3 Å². The second-order valence-corrected chi connectivity index (χ2v) is 5.79. The second kappa shape index (κ2) is 6.40. The number of hydrogen-bond donors (Lipinski definition) is 2. The van der Waals surface area contributed by atoms with Crippen LogP contribution in [0.25, 0.3) is 0 Å². The fourth-order valence-electron chi connectivity index (χ4n) is 2.70. The van der Waals surface area contributed by atoms with Crippen LogP contribution in [0.3, 0.4) is 0 Å². The van der Waals surface area contributed by atoms with Crippen molar-refractivity contribution in [2.45, 2.75) is 32.1 Å². The molecule has 0 unspecified atom stereocenters. The molecule has 0 heterocycles. The summed E-state index contributed by atoms with van der Waals surface area (Å²) in [5.74, 6) is -0.163. The molecule has 0 spiro atoms. The molecule has 3 nitrogen and oxygen atoms in total. The first kappa shape index (κ1) is 14.4. The maximum absolute atomic E-state index is 12.1. The standard InChI is InChI=1S/C15H20ClNO2/c16-13-7-3-2-6-12(13)14(19)17-10-15(11-18)8-4-1-5-9-15/h2-3,6-7,18H,1,4-5,8-11H2,(H,17,19). The van der Waals surface area contributed by atoms with Crippen LogP contribution < -0.4 is 5.32 Å². The minimum atomic E-state index is -0.163. The summed E-state index contributed by atoms with van der Waals surface area (Å²) in [5, 5.41) is 13.0. The number of carbonyl (C=O) groups excluding carboxylic acids is 1. The molecule has 1 amide bonds. The Labute approximate surface area is 119 Å². The van der Waals surface area contributed by atoms with Gasteiger partial charge < -0.3 is 10.4 Å². The summed E-state index contributed by atoms with van der Waals surface area (Å²) in [4.78, 5) is 12.1. The Hall–Kier alpha value is -1.06. The molecule has 2 N–H and O–H groups in total. The zero-order valence-electron chi connectivity index (χ0n) is 11.0. The third kappa shape index (κ3) is 3.48. The van der Waals surface area contributed by atoms with Gasteiger partial charge in [0.2, 0.25) is 0 Å². The van der Waals surface area contributed by atoms with E-state index < -0.39 is 0 Å². The highest BCUT2D eigenvalue weighted by Gasteiger charge is 2.31. The molecule has 0 saturated heterocycles. The molecular formula is C15H20ClNO2. The van der Waals surface area contributed by atoms with Crippen molar-refractivity contribution in [1.82, 2.24) is 5.32 Å². The minimum Gasteiger partial charge on any atom is -0.396 e. The smallest absolute Gasteiger partial charge is 0.252 e. The van der Waals surface area contributed by atoms with Crippen LogP contribution in [0.4, 0.5) is 0 Å². The van der Waals surface area contributed by atoms with E-state index in [0.29, 0.717) is 17.1 Å². The topological polar surface area (TPSA) is 49.3 Å². The third-order valence-electron chi connectivity index (χ3n) is 3.99. The van der Waals surface area contributed by atoms with Gasteiger partial charge in [-0.3, -0.25) is 4.79 Å². The van der Waals surface area contributed by atoms with Crippen molar-refractivity contribution >= 4 is 17.5 Å². The number of hydrogen-bond acceptors (Lipinski definition) is 2. The van der Waals surface area contributed by atoms with Crippen LogP contribution >= 0.6 is 11.6 Å². The SMILES string of the molecule is O=C(NCC1(CO)CCCCC1)c1ccccc1Cl. The van der Waals surface area contributed by atoms with E-state index in [2.05, 4.69) is 5.32 Å². The molecule has 1 aliphatic rings. The Balaban J connectivity index is 1.98. The molecule has 1 saturated carbocycles. The van der Waals surface area contributed by atoms with Gasteiger partial charge >= 0.3 is 0 Å². The first-order valence-corrected chi connectivity index (χ1v) is 7.18. The van der Waals surface area contributed by atoms with Crippen LogP contribution in [0.2, 0.25) is 5.02 Å². The quantitative estimate of drug-likeness (QED) is 0.891. The molecule has 1 aliphatic carbocycles. The highest BCUT2D eigenvalue weighted by molar-refractivity contribution is 6.33. The third-order valence-corrected chi connectivity index (χ3v) is 4.32. The Morgan fingerprint density at radius 1 is 1.26 bits per heavy atom. The van der Waals surface area contributed by atoms with Crippen LogP contribution in [0.5, 0.6) is 0 Å². The molecule has 4 heteroatoms. The van der Waals surface area contributed by atoms with Crippen molar-refractivity contribution in [3.05, 3.63) is 34.9 Å². The minimum absolute atomic E-state index is 0.135. The van der Waals surface area contributed by atoms with E-state index in [-0.39, 0.29) is 17.9 Å². The number of aliphatic hydroxyl groups is 1. The van der Waals surface area contributed by atoms with E-state index in [0.717, 1.165) is 25.7 Å². The van der Waals surface area contributed by atoms with Crippen LogP contribution in [0, 0.1) is 5.41 Å². The molecule has 2 rings (SSSR count). The van der Waals surface area contributed by atoms with E-state index in [1.807, 2.05) is 0 Å². The van der Waals surface area contributed by atoms with Crippen LogP contribution in [-0.2, 0) is 0 Å². The van der Waals surface area contributed by atoms with Gasteiger partial charge in [0.25, 0.3) is 5.91 Å². The first-order valence-electron chi connectivity index (χ1n) is 6.80. The van der Waals surface area contributed by atoms with E-state index in [1.165, 1.54) is 6.42 Å². The first-order chi connectivity index (χ1) is 9.17. The Bertz CT molecular complexity index is 442. The lowest BCUT2D eigenvalue weighted by atomic mass is 9.74. The molecule has 1 aromatic carbocycles. The lowest BCUT2D eigenvalue weighted by molar-refractivity contribution is 0.0718. The van der Waals surface area contributed by atoms with E-state index >= 15 is 0 Å². The van der Waals surface area contributed by atoms with Gasteiger partial charge in [0, 0.05) is 12.0 Å². The van der Waals surface area contributed by atoms with E-state index in [1.54, 1.807) is 24.3 Å². The lowest BCUT2D eigenvalue weighted by Crippen LogP contribution is -2.41. The predicted molar refractivity (Wildman–Crippen MR) is 76.4 cm³/mol. The van der Waals surface area contributed by atoms with Gasteiger partial charge in [-0.25, -0.2) is 0 Å². The molecule has 104 valence electrons. The van der Waals surface area contributed by atoms with Gasteiger partial charge in [0.1, 0.15) is 0 Å². The number of carbonyl (C=O) groups is 1. The van der Waals surface area contributed by atoms with Crippen molar-refractivity contribution in [3.63, 3.8) is 0 Å². The summed E-state index contributed by atoms with van der Waals surface area (Å²) in [6, 6.07) is 7.02. The van der Waals surface area contributed by atoms with Crippen molar-refractivity contribution in [3.8, 4) is 0 Å². The molecule has 1 fully saturated rings. The summed E-state index contributed by atoms with van der Waals surface area (Å²) in [7, 11) is 0. The van der Waals surface area contributed by atoms with E-state index in [9.17, 15) is 9.90 Å². The number of halogens is 1. The lowest BCUT2D eigenvalue weighted by Gasteiger charge is -2.35. The van der Waals surface area contributed by atoms with Gasteiger partial charge in [0.15, 0.2) is 0 Å². The Kier molecular flexibility index (Phi) is 4.83. The predicted octanol–water partition coefficient (Wildman–Crippen LogP) is 3.01. The average molecular weight is 282 g/mol. The number of aliphatic hydroxyl groups excluding tert-OH is 1. The number of benzene rings is 1. The van der Waals surface area contributed by atoms with Gasteiger partial charge in [-0.1, -0.05) is 43.0 Å². The second-order valence-electron chi connectivity index (χ2n) is 5.38. The average Bonchev–Trinajstić information content (AvgIpc) is 2.46. The Morgan fingerprint density at radius 2 is 1.95 bits per heavy atom. The Morgan fingerprint density at radius 3 is 2.58 bits per heavy atom. The van der Waals surface area contributed by atoms with Gasteiger partial charge in [-0.05, 0) is 25.0 Å². The van der Waals surface area contributed by atoms with Crippen molar-refractivity contribution < 1.29 is 9.90 Å². The van der Waals surface area contributed by atoms with Crippen LogP contribution in [0.1, 0.15) is 42.5 Å². The zero-order valence-corrected chi connectivity index (χ0v) is 11.7. The van der Waals surface area contributed by atoms with E-state index in [4.69, 9.17) is 11.6 Å². The highest BCUT2D eigenvalue weighted by Crippen LogP contribution is 2.35. The summed E-state index contributed by atoms with van der Waals surface area (Å²) in [5.41, 5.74) is 0.350. The highest BCUT2D eigenvalue weighted by atomic mass is 35.5. The largest absolute Gasteiger partial charge is 0.396 e. The van der Waals surface area contributed by atoms with Gasteiger partial charge in [0.05, 0.1) is 17.2 Å². The summed E-state index contributed by atoms with van der Waals surface area (Å²) in [6.45, 7) is 0.656. The maximum Gasteiger partial charge on any atom is 0.252 e. The van der Waals surface area contributed by atoms with Crippen LogP contribution in [-0.4, -0.2) is 24.2 Å². The molecule has 0 aliphatic heterocycles. The summed E-state index contributed by atoms with van der Waals surface area (Å²) >= 11 is 6.00. The maximum atomic E-state index is 12.1. The van der Waals surface area contributed by atoms with Crippen molar-refractivity contribution in [2.24, 2.45) is 5.41 Å². The number of amides is 1. The fraction of sp³-hybridized carbons (Fsp3) is 0.533. The zero-order chi connectivity index (χ0) is 13.7. The molecule has 1 aromatic rings. The molecule has 0 bridgehead atoms. The van der Waals surface area contributed by atoms with Gasteiger partial charge in [-0.15, -0.1) is 0 Å². The monoisotopic (exact) mass is 281 g/mol. The molecule has 0 radical (unpaired) electrons. The normalized spacial score (nSPS) is 18.0. The summed E-state index contributed by atoms with van der Waals surface area (Å²) in [6.07, 6.45) is 5.43. The number of nitrogens with one attached hydrogen (secondary N) is 1. The van der Waals surface area contributed by atoms with Crippen molar-refractivity contribution in [2.75, 3.05) is 13.2 Å². The molecular weight excluding hydrogens is 262 g/mol. The summed E-state index contributed by atoms with van der Waals surface area (Å²) < 4.78 is 0. The molecule has 0 atom stereocenters. The van der Waals surface area contributed by atoms with Crippen molar-refractivity contribution in [1.29, 1.82) is 0 Å². The molecule has 19 heavy (non-hydrogen) atoms. The number of rotatable bonds is 4. The van der Waals surface area contributed by atoms with Gasteiger partial charge in [-0.2, -0.15) is 0 Å². The molecule has 0 aromatic heterocycles.